The highest BCUT2D eigenvalue weighted by atomic mass is 14.5. The maximum atomic E-state index is 5.18. The molecule has 0 aliphatic rings. The molecule has 0 spiro atoms. The van der Waals surface area contributed by atoms with E-state index in [1.807, 2.05) is 72.8 Å². The maximum Gasteiger partial charge on any atom is -0.00564 e. The molecule has 96 valence electrons. The number of nitrogens with two attached hydrogens (primary N) is 1. The van der Waals surface area contributed by atoms with Crippen LogP contribution in [0.2, 0.25) is 0 Å². The van der Waals surface area contributed by atoms with Gasteiger partial charge in [0.05, 0.1) is 0 Å². The molecule has 0 bridgehead atoms. The van der Waals surface area contributed by atoms with Gasteiger partial charge in [-0.25, -0.2) is 0 Å². The molecule has 0 aliphatic carbocycles. The molecule has 0 fully saturated rings. The van der Waals surface area contributed by atoms with Crippen molar-refractivity contribution in [2.24, 2.45) is 5.73 Å². The Balaban J connectivity index is 0.000000191. The molecule has 2 aromatic carbocycles. The first-order chi connectivity index (χ1) is 9.31. The average molecular weight is 249 g/mol. The Kier molecular flexibility index (Phi) is 6.52. The summed E-state index contributed by atoms with van der Waals surface area (Å²) in [5.74, 6) is 0. The smallest absolute Gasteiger partial charge is 0.00564 e. The van der Waals surface area contributed by atoms with Crippen LogP contribution in [-0.4, -0.2) is 0 Å². The van der Waals surface area contributed by atoms with E-state index >= 15 is 0 Å². The highest BCUT2D eigenvalue weighted by Gasteiger charge is 1.89. The Morgan fingerprint density at radius 3 is 1.63 bits per heavy atom. The van der Waals surface area contributed by atoms with Crippen LogP contribution in [0, 0.1) is 0 Å². The molecule has 2 N–H and O–H groups in total. The zero-order valence-electron chi connectivity index (χ0n) is 11.0. The third-order valence-corrected chi connectivity index (χ3v) is 2.52. The summed E-state index contributed by atoms with van der Waals surface area (Å²) in [6.07, 6.45) is 7.06. The third-order valence-electron chi connectivity index (χ3n) is 2.52. The van der Waals surface area contributed by atoms with Crippen molar-refractivity contribution < 1.29 is 0 Å². The van der Waals surface area contributed by atoms with Crippen molar-refractivity contribution in [2.45, 2.75) is 0 Å². The first-order valence-corrected chi connectivity index (χ1v) is 6.09. The summed E-state index contributed by atoms with van der Waals surface area (Å²) in [4.78, 5) is 0. The van der Waals surface area contributed by atoms with E-state index in [-0.39, 0.29) is 0 Å². The molecule has 0 amide bonds. The van der Waals surface area contributed by atoms with Gasteiger partial charge in [0, 0.05) is 0 Å². The zero-order valence-corrected chi connectivity index (χ0v) is 11.0. The lowest BCUT2D eigenvalue weighted by atomic mass is 10.1. The molecule has 1 nitrogen and oxygen atoms in total. The number of hydrogen-bond donors (Lipinski definition) is 1. The summed E-state index contributed by atoms with van der Waals surface area (Å²) < 4.78 is 0. The number of benzene rings is 2. The van der Waals surface area contributed by atoms with Gasteiger partial charge in [0.15, 0.2) is 0 Å². The Morgan fingerprint density at radius 1 is 0.737 bits per heavy atom. The van der Waals surface area contributed by atoms with Crippen LogP contribution in [0.3, 0.4) is 0 Å². The van der Waals surface area contributed by atoms with Crippen molar-refractivity contribution in [1.29, 1.82) is 0 Å². The molecule has 2 aromatic rings. The Morgan fingerprint density at radius 2 is 1.21 bits per heavy atom. The first-order valence-electron chi connectivity index (χ1n) is 6.09. The van der Waals surface area contributed by atoms with Crippen LogP contribution in [-0.2, 0) is 0 Å². The zero-order chi connectivity index (χ0) is 13.9. The molecule has 0 unspecified atom stereocenters. The van der Waals surface area contributed by atoms with Gasteiger partial charge in [-0.15, -0.1) is 0 Å². The summed E-state index contributed by atoms with van der Waals surface area (Å²) in [7, 11) is 0. The molecule has 0 saturated heterocycles. The van der Waals surface area contributed by atoms with Gasteiger partial charge >= 0.3 is 0 Å². The Hall–Kier alpha value is -2.54. The van der Waals surface area contributed by atoms with Gasteiger partial charge < -0.3 is 5.73 Å². The fourth-order valence-electron chi connectivity index (χ4n) is 1.56. The summed E-state index contributed by atoms with van der Waals surface area (Å²) in [6.45, 7) is 7.38. The van der Waals surface area contributed by atoms with Crippen molar-refractivity contribution >= 4 is 18.2 Å². The first kappa shape index (κ1) is 14.5. The van der Waals surface area contributed by atoms with Gasteiger partial charge in [-0.1, -0.05) is 79.9 Å². The second-order valence-corrected chi connectivity index (χ2v) is 3.81. The second-order valence-electron chi connectivity index (χ2n) is 3.81. The van der Waals surface area contributed by atoms with E-state index in [9.17, 15) is 0 Å². The van der Waals surface area contributed by atoms with Gasteiger partial charge in [-0.05, 0) is 29.0 Å². The van der Waals surface area contributed by atoms with Gasteiger partial charge in [0.1, 0.15) is 0 Å². The van der Waals surface area contributed by atoms with Crippen molar-refractivity contribution in [3.05, 3.63) is 90.6 Å². The van der Waals surface area contributed by atoms with Crippen LogP contribution in [0.25, 0.3) is 18.2 Å². The molecule has 1 heteroatoms. The third kappa shape index (κ3) is 5.09. The number of rotatable bonds is 3. The fraction of sp³-hybridized carbons (Fsp3) is 0. The van der Waals surface area contributed by atoms with E-state index < -0.39 is 0 Å². The lowest BCUT2D eigenvalue weighted by Gasteiger charge is -1.96. The topological polar surface area (TPSA) is 26.0 Å². The van der Waals surface area contributed by atoms with Gasteiger partial charge in [0.25, 0.3) is 0 Å². The molecule has 0 atom stereocenters. The minimum absolute atomic E-state index is 1.14. The van der Waals surface area contributed by atoms with Crippen LogP contribution >= 0.6 is 0 Å². The normalized spacial score (nSPS) is 9.47. The van der Waals surface area contributed by atoms with Crippen LogP contribution in [0.5, 0.6) is 0 Å². The summed E-state index contributed by atoms with van der Waals surface area (Å²) in [5, 5.41) is 0. The Bertz CT molecular complexity index is 512. The Labute approximate surface area is 115 Å². The quantitative estimate of drug-likeness (QED) is 0.846. The van der Waals surface area contributed by atoms with Gasteiger partial charge in [0.2, 0.25) is 0 Å². The van der Waals surface area contributed by atoms with Gasteiger partial charge in [-0.2, -0.15) is 0 Å². The summed E-state index contributed by atoms with van der Waals surface area (Å²) in [5.41, 5.74) is 8.59. The number of hydrogen-bond acceptors (Lipinski definition) is 1. The van der Waals surface area contributed by atoms with Crippen LogP contribution in [0.1, 0.15) is 16.7 Å². The van der Waals surface area contributed by atoms with Crippen molar-refractivity contribution in [3.8, 4) is 0 Å². The predicted molar refractivity (Wildman–Crippen MR) is 86.3 cm³/mol. The summed E-state index contributed by atoms with van der Waals surface area (Å²) >= 11 is 0. The van der Waals surface area contributed by atoms with Crippen LogP contribution < -0.4 is 5.73 Å². The second kappa shape index (κ2) is 8.54. The van der Waals surface area contributed by atoms with E-state index in [1.54, 1.807) is 0 Å². The van der Waals surface area contributed by atoms with Crippen molar-refractivity contribution in [1.82, 2.24) is 0 Å². The minimum Gasteiger partial charge on any atom is -0.405 e. The molecular formula is C18H19N. The fourth-order valence-corrected chi connectivity index (χ4v) is 1.56. The molecular weight excluding hydrogens is 230 g/mol. The monoisotopic (exact) mass is 249 g/mol. The molecule has 0 radical (unpaired) electrons. The van der Waals surface area contributed by atoms with Crippen LogP contribution in [0.4, 0.5) is 0 Å². The lowest BCUT2D eigenvalue weighted by Crippen LogP contribution is -1.76. The molecule has 2 rings (SSSR count). The van der Waals surface area contributed by atoms with Crippen molar-refractivity contribution in [2.75, 3.05) is 0 Å². The summed E-state index contributed by atoms with van der Waals surface area (Å²) in [6, 6.07) is 18.0. The van der Waals surface area contributed by atoms with E-state index in [0.29, 0.717) is 0 Å². The predicted octanol–water partition coefficient (Wildman–Crippen LogP) is 4.59. The molecule has 19 heavy (non-hydrogen) atoms. The SMILES string of the molecule is C=Cc1ccccc1C=C.NC=Cc1ccccc1. The van der Waals surface area contributed by atoms with Crippen molar-refractivity contribution in [3.63, 3.8) is 0 Å². The minimum atomic E-state index is 1.14. The maximum absolute atomic E-state index is 5.18. The van der Waals surface area contributed by atoms with Crippen LogP contribution in [0.15, 0.2) is 74.0 Å². The molecule has 0 saturated carbocycles. The lowest BCUT2D eigenvalue weighted by molar-refractivity contribution is 1.60. The molecule has 0 aromatic heterocycles. The molecule has 0 heterocycles. The van der Waals surface area contributed by atoms with E-state index in [4.69, 9.17) is 5.73 Å². The van der Waals surface area contributed by atoms with Gasteiger partial charge in [-0.3, -0.25) is 0 Å². The van der Waals surface area contributed by atoms with E-state index in [0.717, 1.165) is 16.7 Å². The standard InChI is InChI=1S/C10H10.C8H9N/c1-3-9-7-5-6-8-10(9)4-2;9-7-6-8-4-2-1-3-5-8/h3-8H,1-2H2;1-7H,9H2. The average Bonchev–Trinajstić information content (AvgIpc) is 2.49. The molecule has 0 aliphatic heterocycles. The largest absolute Gasteiger partial charge is 0.405 e. The highest BCUT2D eigenvalue weighted by Crippen LogP contribution is 2.10. The van der Waals surface area contributed by atoms with E-state index in [2.05, 4.69) is 13.2 Å². The van der Waals surface area contributed by atoms with E-state index in [1.165, 1.54) is 6.20 Å². The highest BCUT2D eigenvalue weighted by molar-refractivity contribution is 5.63.